The van der Waals surface area contributed by atoms with Gasteiger partial charge in [0.1, 0.15) is 18.8 Å². The van der Waals surface area contributed by atoms with Crippen molar-refractivity contribution in [1.82, 2.24) is 30.5 Å². The van der Waals surface area contributed by atoms with E-state index in [1.807, 2.05) is 30.3 Å². The van der Waals surface area contributed by atoms with Crippen molar-refractivity contribution in [3.8, 4) is 0 Å². The van der Waals surface area contributed by atoms with Crippen LogP contribution in [0.3, 0.4) is 0 Å². The lowest BCUT2D eigenvalue weighted by atomic mass is 10.0. The summed E-state index contributed by atoms with van der Waals surface area (Å²) in [5.74, 6) is -0.303. The predicted octanol–water partition coefficient (Wildman–Crippen LogP) is 3.09. The zero-order valence-electron chi connectivity index (χ0n) is 23.8. The lowest BCUT2D eigenvalue weighted by molar-refractivity contribution is -0.187. The molecule has 0 saturated carbocycles. The molecule has 40 heavy (non-hydrogen) atoms. The van der Waals surface area contributed by atoms with Gasteiger partial charge in [-0.05, 0) is 24.8 Å². The van der Waals surface area contributed by atoms with Crippen LogP contribution in [-0.4, -0.2) is 95.8 Å². The fourth-order valence-corrected chi connectivity index (χ4v) is 5.22. The van der Waals surface area contributed by atoms with E-state index in [4.69, 9.17) is 4.74 Å². The van der Waals surface area contributed by atoms with Gasteiger partial charge in [0, 0.05) is 26.7 Å². The monoisotopic (exact) mass is 556 g/mol. The van der Waals surface area contributed by atoms with Gasteiger partial charge in [-0.25, -0.2) is 19.6 Å². The largest absolute Gasteiger partial charge is 0.445 e. The molecule has 0 unspecified atom stereocenters. The maximum Gasteiger partial charge on any atom is 0.407 e. The number of hydrogen-bond acceptors (Lipinski definition) is 6. The van der Waals surface area contributed by atoms with Crippen molar-refractivity contribution in [3.63, 3.8) is 0 Å². The Morgan fingerprint density at radius 3 is 2.55 bits per heavy atom. The Morgan fingerprint density at radius 1 is 1.07 bits per heavy atom. The summed E-state index contributed by atoms with van der Waals surface area (Å²) in [6.45, 7) is 7.25. The number of hydrazine groups is 1. The number of urea groups is 1. The van der Waals surface area contributed by atoms with Crippen LogP contribution in [0, 0.1) is 0 Å². The molecule has 1 aromatic carbocycles. The van der Waals surface area contributed by atoms with Gasteiger partial charge in [-0.15, -0.1) is 0 Å². The fraction of sp³-hybridized carbons (Fsp3) is 0.586. The summed E-state index contributed by atoms with van der Waals surface area (Å²) in [6, 6.07) is 8.59. The van der Waals surface area contributed by atoms with Crippen LogP contribution in [0.25, 0.3) is 0 Å². The zero-order valence-corrected chi connectivity index (χ0v) is 23.8. The Kier molecular flexibility index (Phi) is 12.3. The number of hydrogen-bond donors (Lipinski definition) is 2. The van der Waals surface area contributed by atoms with Crippen molar-refractivity contribution in [3.05, 3.63) is 48.6 Å². The van der Waals surface area contributed by atoms with E-state index in [0.29, 0.717) is 32.5 Å². The van der Waals surface area contributed by atoms with Crippen LogP contribution < -0.4 is 10.6 Å². The number of fused-ring (bicyclic) bond motifs is 1. The number of alkyl carbamates (subject to hydrolysis) is 1. The highest BCUT2D eigenvalue weighted by molar-refractivity contribution is 5.91. The molecule has 2 aliphatic rings. The number of amides is 5. The molecule has 2 fully saturated rings. The number of carbonyl (C=O) groups is 4. The molecule has 220 valence electrons. The van der Waals surface area contributed by atoms with Gasteiger partial charge in [0.15, 0.2) is 0 Å². The van der Waals surface area contributed by atoms with Crippen molar-refractivity contribution in [2.24, 2.45) is 0 Å². The Bertz CT molecular complexity index is 1010. The van der Waals surface area contributed by atoms with Crippen LogP contribution in [0.2, 0.25) is 0 Å². The normalized spacial score (nSPS) is 19.3. The molecule has 0 spiro atoms. The number of ether oxygens (including phenoxy) is 1. The van der Waals surface area contributed by atoms with E-state index in [-0.39, 0.29) is 37.5 Å². The number of benzene rings is 1. The summed E-state index contributed by atoms with van der Waals surface area (Å²) >= 11 is 0. The number of likely N-dealkylation sites (N-methyl/N-ethyl adjacent to an activating group) is 1. The molecule has 0 radical (unpaired) electrons. The average molecular weight is 557 g/mol. The van der Waals surface area contributed by atoms with Crippen LogP contribution in [0.5, 0.6) is 0 Å². The number of rotatable bonds is 14. The van der Waals surface area contributed by atoms with Crippen LogP contribution in [0.4, 0.5) is 9.59 Å². The second kappa shape index (κ2) is 15.9. The van der Waals surface area contributed by atoms with E-state index in [1.54, 1.807) is 26.9 Å². The van der Waals surface area contributed by atoms with Crippen molar-refractivity contribution in [1.29, 1.82) is 0 Å². The third-order valence-corrected chi connectivity index (χ3v) is 7.22. The van der Waals surface area contributed by atoms with Crippen LogP contribution in [0.15, 0.2) is 43.0 Å². The van der Waals surface area contributed by atoms with Gasteiger partial charge in [-0.2, -0.15) is 0 Å². The van der Waals surface area contributed by atoms with Crippen LogP contribution in [0.1, 0.15) is 57.4 Å². The smallest absolute Gasteiger partial charge is 0.407 e. The summed E-state index contributed by atoms with van der Waals surface area (Å²) in [6.07, 6.45) is 6.43. The topological polar surface area (TPSA) is 115 Å². The molecule has 2 saturated heterocycles. The van der Waals surface area contributed by atoms with E-state index in [0.717, 1.165) is 37.7 Å². The Morgan fingerprint density at radius 2 is 1.82 bits per heavy atom. The van der Waals surface area contributed by atoms with Crippen LogP contribution in [-0.2, 0) is 20.9 Å². The molecule has 0 aromatic heterocycles. The molecule has 1 aromatic rings. The second-order valence-electron chi connectivity index (χ2n) is 10.3. The second-order valence-corrected chi connectivity index (χ2v) is 10.3. The van der Waals surface area contributed by atoms with Gasteiger partial charge in [-0.3, -0.25) is 9.59 Å². The first-order chi connectivity index (χ1) is 19.4. The molecular formula is C29H44N6O5. The highest BCUT2D eigenvalue weighted by Gasteiger charge is 2.50. The first kappa shape index (κ1) is 30.9. The number of nitrogens with one attached hydrogen (secondary N) is 2. The summed E-state index contributed by atoms with van der Waals surface area (Å²) in [7, 11) is 1.72. The maximum atomic E-state index is 13.7. The van der Waals surface area contributed by atoms with Gasteiger partial charge in [0.2, 0.25) is 11.8 Å². The van der Waals surface area contributed by atoms with Gasteiger partial charge in [0.25, 0.3) is 0 Å². The molecule has 2 aliphatic heterocycles. The maximum absolute atomic E-state index is 13.7. The molecule has 0 aliphatic carbocycles. The highest BCUT2D eigenvalue weighted by Crippen LogP contribution is 2.28. The highest BCUT2D eigenvalue weighted by atomic mass is 16.5. The molecule has 2 N–H and O–H groups in total. The molecule has 3 rings (SSSR count). The van der Waals surface area contributed by atoms with Gasteiger partial charge < -0.3 is 25.2 Å². The summed E-state index contributed by atoms with van der Waals surface area (Å²) in [5, 5.41) is 8.84. The van der Waals surface area contributed by atoms with Crippen molar-refractivity contribution < 1.29 is 23.9 Å². The first-order valence-electron chi connectivity index (χ1n) is 14.3. The minimum Gasteiger partial charge on any atom is -0.445 e. The Hall–Kier alpha value is -3.60. The Labute approximate surface area is 237 Å². The molecule has 11 nitrogen and oxygen atoms in total. The molecule has 2 heterocycles. The van der Waals surface area contributed by atoms with Gasteiger partial charge in [-0.1, -0.05) is 75.6 Å². The lowest BCUT2D eigenvalue weighted by Gasteiger charge is -2.54. The molecular weight excluding hydrogens is 512 g/mol. The molecule has 2 atom stereocenters. The predicted molar refractivity (Wildman–Crippen MR) is 152 cm³/mol. The fourth-order valence-electron chi connectivity index (χ4n) is 5.22. The summed E-state index contributed by atoms with van der Waals surface area (Å²) in [5.41, 5.74) is 0.966. The standard InChI is InChI=1S/C29H44N6O5/c1-4-6-7-8-12-18-33-21-25-34(24(27(33)37)16-13-17-30-29(39)40-19-5-2)26(36)22-32(3)35(25)28(38)31-20-23-14-10-9-11-15-23/h5,9-11,14-15,24-25H,2,4,6-8,12-13,16-22H2,1,3H3,(H,30,39)(H,31,38)/t24-,25-/m0/s1. The van der Waals surface area contributed by atoms with Gasteiger partial charge >= 0.3 is 12.1 Å². The van der Waals surface area contributed by atoms with E-state index in [1.165, 1.54) is 6.08 Å². The van der Waals surface area contributed by atoms with Gasteiger partial charge in [0.05, 0.1) is 13.1 Å². The minimum atomic E-state index is -0.717. The van der Waals surface area contributed by atoms with E-state index < -0.39 is 18.3 Å². The average Bonchev–Trinajstić information content (AvgIpc) is 2.94. The van der Waals surface area contributed by atoms with Crippen LogP contribution >= 0.6 is 0 Å². The summed E-state index contributed by atoms with van der Waals surface area (Å²) in [4.78, 5) is 55.6. The Balaban J connectivity index is 1.73. The quantitative estimate of drug-likeness (QED) is 0.269. The van der Waals surface area contributed by atoms with E-state index >= 15 is 0 Å². The SMILES string of the molecule is C=CCOC(=O)NCCC[C@H]1C(=O)N(CCCCCCC)C[C@H]2N1C(=O)CN(C)N2C(=O)NCc1ccccc1. The molecule has 5 amide bonds. The molecule has 0 bridgehead atoms. The van der Waals surface area contributed by atoms with Crippen molar-refractivity contribution in [2.45, 2.75) is 70.6 Å². The van der Waals surface area contributed by atoms with E-state index in [2.05, 4.69) is 24.1 Å². The van der Waals surface area contributed by atoms with E-state index in [9.17, 15) is 19.2 Å². The zero-order chi connectivity index (χ0) is 28.9. The number of nitrogens with zero attached hydrogens (tertiary/aromatic N) is 4. The van der Waals surface area contributed by atoms with Crippen molar-refractivity contribution >= 4 is 23.9 Å². The third kappa shape index (κ3) is 8.45. The number of carbonyl (C=O) groups excluding carboxylic acids is 4. The summed E-state index contributed by atoms with van der Waals surface area (Å²) < 4.78 is 4.94. The minimum absolute atomic E-state index is 0.0117. The third-order valence-electron chi connectivity index (χ3n) is 7.22. The van der Waals surface area contributed by atoms with Crippen molar-refractivity contribution in [2.75, 3.05) is 39.8 Å². The lowest BCUT2D eigenvalue weighted by Crippen LogP contribution is -2.76. The first-order valence-corrected chi connectivity index (χ1v) is 14.3. The number of unbranched alkanes of at least 4 members (excludes halogenated alkanes) is 4. The molecule has 11 heteroatoms. The number of piperazine rings is 1.